The van der Waals surface area contributed by atoms with Crippen LogP contribution in [0.2, 0.25) is 6.82 Å². The lowest BCUT2D eigenvalue weighted by atomic mass is 9.73. The number of aromatic hydroxyl groups is 2. The predicted molar refractivity (Wildman–Crippen MR) is 98.3 cm³/mol. The molecule has 1 aliphatic rings. The first kappa shape index (κ1) is 15.7. The average molecular weight is 306 g/mol. The van der Waals surface area contributed by atoms with E-state index < -0.39 is 0 Å². The highest BCUT2D eigenvalue weighted by Gasteiger charge is 2.27. The molecule has 0 bridgehead atoms. The number of hydrogen-bond donors (Lipinski definition) is 2. The highest BCUT2D eigenvalue weighted by atomic mass is 16.3. The molecule has 2 aromatic rings. The van der Waals surface area contributed by atoms with E-state index in [1.807, 2.05) is 24.3 Å². The molecule has 2 aromatic carbocycles. The molecule has 0 aromatic heterocycles. The van der Waals surface area contributed by atoms with Crippen LogP contribution in [-0.2, 0) is 6.32 Å². The molecule has 3 rings (SSSR count). The number of hydrogen-bond acceptors (Lipinski definition) is 2. The molecule has 2 N–H and O–H groups in total. The maximum atomic E-state index is 10.1. The van der Waals surface area contributed by atoms with Gasteiger partial charge in [-0.2, -0.15) is 0 Å². The highest BCUT2D eigenvalue weighted by molar-refractivity contribution is 6.33. The van der Waals surface area contributed by atoms with Gasteiger partial charge in [-0.1, -0.05) is 31.4 Å². The van der Waals surface area contributed by atoms with Crippen molar-refractivity contribution in [3.8, 4) is 11.5 Å². The van der Waals surface area contributed by atoms with Crippen molar-refractivity contribution in [1.82, 2.24) is 0 Å². The van der Waals surface area contributed by atoms with E-state index in [9.17, 15) is 10.2 Å². The molecule has 0 heterocycles. The van der Waals surface area contributed by atoms with Gasteiger partial charge in [0, 0.05) is 0 Å². The largest absolute Gasteiger partial charge is 0.508 e. The van der Waals surface area contributed by atoms with Crippen LogP contribution in [0.25, 0.3) is 11.6 Å². The maximum Gasteiger partial charge on any atom is 0.122 e. The quantitative estimate of drug-likeness (QED) is 0.637. The first-order valence-electron chi connectivity index (χ1n) is 8.42. The molecule has 1 saturated carbocycles. The lowest BCUT2D eigenvalue weighted by molar-refractivity contribution is 0.474. The topological polar surface area (TPSA) is 40.5 Å². The molecule has 0 unspecified atom stereocenters. The molecule has 0 amide bonds. The second-order valence-electron chi connectivity index (χ2n) is 6.49. The molecule has 1 aliphatic carbocycles. The Bertz CT molecular complexity index is 728. The number of rotatable bonds is 5. The van der Waals surface area contributed by atoms with Gasteiger partial charge in [-0.15, -0.1) is 0 Å². The minimum Gasteiger partial charge on any atom is -0.508 e. The van der Waals surface area contributed by atoms with Gasteiger partial charge >= 0.3 is 0 Å². The summed E-state index contributed by atoms with van der Waals surface area (Å²) >= 11 is 0. The Morgan fingerprint density at radius 1 is 1.13 bits per heavy atom. The highest BCUT2D eigenvalue weighted by Crippen LogP contribution is 2.43. The third-order valence-electron chi connectivity index (χ3n) is 4.59. The zero-order valence-electron chi connectivity index (χ0n) is 13.8. The van der Waals surface area contributed by atoms with E-state index in [1.54, 1.807) is 12.1 Å². The lowest BCUT2D eigenvalue weighted by Gasteiger charge is -2.12. The summed E-state index contributed by atoms with van der Waals surface area (Å²) in [5.74, 6) is 1.23. The Hall–Kier alpha value is -2.16. The molecule has 0 radical (unpaired) electrons. The van der Waals surface area contributed by atoms with Gasteiger partial charge < -0.3 is 10.2 Å². The van der Waals surface area contributed by atoms with Gasteiger partial charge in [0.15, 0.2) is 0 Å². The minimum absolute atomic E-state index is 0.294. The van der Waals surface area contributed by atoms with Gasteiger partial charge in [0.2, 0.25) is 0 Å². The van der Waals surface area contributed by atoms with Crippen LogP contribution in [0.1, 0.15) is 35.1 Å². The fraction of sp³-hybridized carbons (Fsp3) is 0.300. The summed E-state index contributed by atoms with van der Waals surface area (Å²) in [6.07, 6.45) is 5.64. The van der Waals surface area contributed by atoms with Crippen LogP contribution < -0.4 is 0 Å². The molecule has 1 fully saturated rings. The van der Waals surface area contributed by atoms with Crippen molar-refractivity contribution in [2.75, 3.05) is 0 Å². The van der Waals surface area contributed by atoms with Gasteiger partial charge in [-0.05, 0) is 77.8 Å². The first-order valence-corrected chi connectivity index (χ1v) is 8.42. The number of phenolic OH excluding ortho intramolecular Hbond substituents is 2. The van der Waals surface area contributed by atoms with Crippen molar-refractivity contribution >= 4 is 18.9 Å². The van der Waals surface area contributed by atoms with E-state index >= 15 is 0 Å². The van der Waals surface area contributed by atoms with Crippen LogP contribution in [0, 0.1) is 12.8 Å². The lowest BCUT2D eigenvalue weighted by Crippen LogP contribution is -1.97. The smallest absolute Gasteiger partial charge is 0.122 e. The Morgan fingerprint density at radius 2 is 1.83 bits per heavy atom. The van der Waals surface area contributed by atoms with Crippen molar-refractivity contribution < 1.29 is 10.2 Å². The molecule has 23 heavy (non-hydrogen) atoms. The van der Waals surface area contributed by atoms with Gasteiger partial charge in [-0.25, -0.2) is 0 Å². The molecule has 118 valence electrons. The van der Waals surface area contributed by atoms with Crippen molar-refractivity contribution in [2.24, 2.45) is 5.92 Å². The number of benzene rings is 2. The van der Waals surface area contributed by atoms with Crippen molar-refractivity contribution in [3.63, 3.8) is 0 Å². The van der Waals surface area contributed by atoms with E-state index in [2.05, 4.69) is 19.8 Å². The fourth-order valence-corrected chi connectivity index (χ4v) is 3.11. The zero-order chi connectivity index (χ0) is 16.4. The third kappa shape index (κ3) is 3.61. The second-order valence-corrected chi connectivity index (χ2v) is 6.49. The van der Waals surface area contributed by atoms with Crippen LogP contribution in [0.15, 0.2) is 36.4 Å². The standard InChI is InChI=1S/C20H23BO2/c1-13-16(9-19(23)10-17(13)12-21-2)11-20(14-3-4-14)15-5-7-18(22)8-6-15/h5-11,14,21-23H,3-4,12H2,1-2H3/b20-11+. The van der Waals surface area contributed by atoms with Crippen LogP contribution in [0.4, 0.5) is 0 Å². The van der Waals surface area contributed by atoms with E-state index in [0.29, 0.717) is 17.4 Å². The molecular weight excluding hydrogens is 283 g/mol. The Labute approximate surface area is 138 Å². The van der Waals surface area contributed by atoms with Crippen molar-refractivity contribution in [2.45, 2.75) is 32.9 Å². The summed E-state index contributed by atoms with van der Waals surface area (Å²) in [5, 5.41) is 19.6. The van der Waals surface area contributed by atoms with Crippen LogP contribution >= 0.6 is 0 Å². The van der Waals surface area contributed by atoms with Gasteiger partial charge in [0.05, 0.1) is 0 Å². The summed E-state index contributed by atoms with van der Waals surface area (Å²) in [6.45, 7) is 4.29. The monoisotopic (exact) mass is 306 g/mol. The first-order chi connectivity index (χ1) is 11.1. The fourth-order valence-electron chi connectivity index (χ4n) is 3.11. The van der Waals surface area contributed by atoms with Crippen molar-refractivity contribution in [3.05, 3.63) is 58.7 Å². The summed E-state index contributed by atoms with van der Waals surface area (Å²) in [7, 11) is 1.07. The maximum absolute atomic E-state index is 10.1. The summed E-state index contributed by atoms with van der Waals surface area (Å²) in [4.78, 5) is 0. The molecule has 0 atom stereocenters. The normalized spacial score (nSPS) is 14.8. The van der Waals surface area contributed by atoms with Gasteiger partial charge in [0.1, 0.15) is 18.8 Å². The van der Waals surface area contributed by atoms with Crippen molar-refractivity contribution in [1.29, 1.82) is 0 Å². The number of allylic oxidation sites excluding steroid dienone is 1. The van der Waals surface area contributed by atoms with E-state index in [4.69, 9.17) is 0 Å². The van der Waals surface area contributed by atoms with Gasteiger partial charge in [-0.3, -0.25) is 0 Å². The summed E-state index contributed by atoms with van der Waals surface area (Å²) < 4.78 is 0. The van der Waals surface area contributed by atoms with E-state index in [-0.39, 0.29) is 0 Å². The molecule has 2 nitrogen and oxygen atoms in total. The second kappa shape index (κ2) is 6.53. The Kier molecular flexibility index (Phi) is 4.47. The van der Waals surface area contributed by atoms with Gasteiger partial charge in [0.25, 0.3) is 0 Å². The molecule has 0 aliphatic heterocycles. The average Bonchev–Trinajstić information content (AvgIpc) is 3.35. The van der Waals surface area contributed by atoms with Crippen LogP contribution in [-0.4, -0.2) is 17.5 Å². The molecule has 0 spiro atoms. The molecule has 3 heteroatoms. The third-order valence-corrected chi connectivity index (χ3v) is 4.59. The molecule has 0 saturated heterocycles. The molecular formula is C20H23BO2. The Morgan fingerprint density at radius 3 is 2.43 bits per heavy atom. The predicted octanol–water partition coefficient (Wildman–Crippen LogP) is 4.34. The van der Waals surface area contributed by atoms with Crippen LogP contribution in [0.3, 0.4) is 0 Å². The van der Waals surface area contributed by atoms with Crippen LogP contribution in [0.5, 0.6) is 11.5 Å². The SMILES string of the molecule is CBCc1cc(O)cc(/C=C(/c2ccc(O)cc2)C2CC2)c1C. The van der Waals surface area contributed by atoms with E-state index in [0.717, 1.165) is 24.7 Å². The summed E-state index contributed by atoms with van der Waals surface area (Å²) in [6, 6.07) is 11.2. The number of phenols is 2. The zero-order valence-corrected chi connectivity index (χ0v) is 13.8. The van der Waals surface area contributed by atoms with E-state index in [1.165, 1.54) is 29.5 Å². The minimum atomic E-state index is 0.294. The summed E-state index contributed by atoms with van der Waals surface area (Å²) in [5.41, 5.74) is 6.04. The Balaban J connectivity index is 2.05.